The summed E-state index contributed by atoms with van der Waals surface area (Å²) < 4.78 is 6.04. The molecule has 1 aliphatic rings. The number of hydrogen-bond acceptors (Lipinski definition) is 2. The van der Waals surface area contributed by atoms with Crippen LogP contribution in [0.25, 0.3) is 0 Å². The van der Waals surface area contributed by atoms with Gasteiger partial charge in [-0.15, -0.1) is 0 Å². The van der Waals surface area contributed by atoms with E-state index in [-0.39, 0.29) is 5.54 Å². The summed E-state index contributed by atoms with van der Waals surface area (Å²) in [5.41, 5.74) is 1.55. The third-order valence-electron chi connectivity index (χ3n) is 3.37. The fourth-order valence-electron chi connectivity index (χ4n) is 2.33. The van der Waals surface area contributed by atoms with Crippen LogP contribution in [0.3, 0.4) is 0 Å². The van der Waals surface area contributed by atoms with E-state index in [0.717, 1.165) is 18.7 Å². The van der Waals surface area contributed by atoms with Gasteiger partial charge in [0.05, 0.1) is 0 Å². The van der Waals surface area contributed by atoms with Gasteiger partial charge in [-0.2, -0.15) is 0 Å². The van der Waals surface area contributed by atoms with Crippen LogP contribution in [0.2, 0.25) is 0 Å². The van der Waals surface area contributed by atoms with Gasteiger partial charge in [-0.05, 0) is 37.5 Å². The van der Waals surface area contributed by atoms with Gasteiger partial charge in [0, 0.05) is 18.5 Å². The maximum absolute atomic E-state index is 6.04. The molecule has 94 valence electrons. The van der Waals surface area contributed by atoms with Crippen LogP contribution in [-0.2, 0) is 0 Å². The van der Waals surface area contributed by atoms with Crippen molar-refractivity contribution in [3.05, 3.63) is 29.8 Å². The summed E-state index contributed by atoms with van der Waals surface area (Å²) in [4.78, 5) is 0. The Labute approximate surface area is 104 Å². The molecule has 1 unspecified atom stereocenters. The van der Waals surface area contributed by atoms with E-state index in [0.29, 0.717) is 12.0 Å². The van der Waals surface area contributed by atoms with Gasteiger partial charge in [-0.1, -0.05) is 26.0 Å². The summed E-state index contributed by atoms with van der Waals surface area (Å²) in [7, 11) is 0. The molecule has 1 aromatic rings. The lowest BCUT2D eigenvalue weighted by Gasteiger charge is -2.18. The minimum atomic E-state index is 0.209. The predicted octanol–water partition coefficient (Wildman–Crippen LogP) is 3.33. The molecule has 0 spiro atoms. The van der Waals surface area contributed by atoms with Crippen molar-refractivity contribution >= 4 is 0 Å². The summed E-state index contributed by atoms with van der Waals surface area (Å²) in [5.74, 6) is 1.55. The largest absolute Gasteiger partial charge is 0.489 e. The first-order chi connectivity index (χ1) is 7.96. The first-order valence-electron chi connectivity index (χ1n) is 6.48. The number of nitrogens with one attached hydrogen (secondary N) is 1. The molecule has 2 nitrogen and oxygen atoms in total. The Morgan fingerprint density at radius 1 is 1.35 bits per heavy atom. The fourth-order valence-corrected chi connectivity index (χ4v) is 2.33. The topological polar surface area (TPSA) is 21.3 Å². The first-order valence-corrected chi connectivity index (χ1v) is 6.48. The smallest absolute Gasteiger partial charge is 0.120 e. The van der Waals surface area contributed by atoms with Gasteiger partial charge < -0.3 is 10.1 Å². The van der Waals surface area contributed by atoms with Crippen LogP contribution in [0.1, 0.15) is 45.6 Å². The molecule has 0 bridgehead atoms. The SMILES string of the molecule is CC(C)c1cccc(OC2CNC(C)(C)C2)c1. The van der Waals surface area contributed by atoms with E-state index in [1.165, 1.54) is 5.56 Å². The van der Waals surface area contributed by atoms with E-state index in [1.54, 1.807) is 0 Å². The van der Waals surface area contributed by atoms with Crippen molar-refractivity contribution in [2.45, 2.75) is 51.7 Å². The molecule has 1 fully saturated rings. The minimum Gasteiger partial charge on any atom is -0.489 e. The fraction of sp³-hybridized carbons (Fsp3) is 0.600. The molecule has 1 aliphatic heterocycles. The molecule has 2 rings (SSSR count). The molecule has 1 atom stereocenters. The highest BCUT2D eigenvalue weighted by Crippen LogP contribution is 2.25. The third-order valence-corrected chi connectivity index (χ3v) is 3.37. The quantitative estimate of drug-likeness (QED) is 0.864. The van der Waals surface area contributed by atoms with Gasteiger partial charge in [-0.25, -0.2) is 0 Å². The summed E-state index contributed by atoms with van der Waals surface area (Å²) in [6.45, 7) is 9.80. The average Bonchev–Trinajstić information content (AvgIpc) is 2.58. The lowest BCUT2D eigenvalue weighted by atomic mass is 10.0. The molecule has 0 radical (unpaired) electrons. The molecule has 0 aromatic heterocycles. The van der Waals surface area contributed by atoms with Gasteiger partial charge >= 0.3 is 0 Å². The van der Waals surface area contributed by atoms with Gasteiger partial charge in [0.25, 0.3) is 0 Å². The second-order valence-electron chi connectivity index (χ2n) is 5.94. The molecule has 1 N–H and O–H groups in total. The zero-order chi connectivity index (χ0) is 12.5. The highest BCUT2D eigenvalue weighted by atomic mass is 16.5. The Balaban J connectivity index is 2.02. The summed E-state index contributed by atoms with van der Waals surface area (Å²) in [6.07, 6.45) is 1.37. The van der Waals surface area contributed by atoms with Gasteiger partial charge in [0.15, 0.2) is 0 Å². The van der Waals surface area contributed by atoms with E-state index >= 15 is 0 Å². The third kappa shape index (κ3) is 3.22. The minimum absolute atomic E-state index is 0.209. The summed E-state index contributed by atoms with van der Waals surface area (Å²) >= 11 is 0. The monoisotopic (exact) mass is 233 g/mol. The molecule has 0 amide bonds. The standard InChI is InChI=1S/C15H23NO/c1-11(2)12-6-5-7-13(8-12)17-14-9-15(3,4)16-10-14/h5-8,11,14,16H,9-10H2,1-4H3. The van der Waals surface area contributed by atoms with Crippen LogP contribution < -0.4 is 10.1 Å². The maximum Gasteiger partial charge on any atom is 0.120 e. The first kappa shape index (κ1) is 12.4. The molecule has 1 saturated heterocycles. The molecule has 0 saturated carbocycles. The number of benzene rings is 1. The van der Waals surface area contributed by atoms with Crippen molar-refractivity contribution in [3.8, 4) is 5.75 Å². The Morgan fingerprint density at radius 2 is 2.12 bits per heavy atom. The van der Waals surface area contributed by atoms with Crippen molar-refractivity contribution in [2.24, 2.45) is 0 Å². The van der Waals surface area contributed by atoms with E-state index in [9.17, 15) is 0 Å². The molecule has 1 aromatic carbocycles. The molecular formula is C15H23NO. The van der Waals surface area contributed by atoms with Crippen LogP contribution in [0.15, 0.2) is 24.3 Å². The molecular weight excluding hydrogens is 210 g/mol. The number of ether oxygens (including phenoxy) is 1. The summed E-state index contributed by atoms with van der Waals surface area (Å²) in [5, 5.41) is 3.48. The van der Waals surface area contributed by atoms with E-state index in [2.05, 4.69) is 57.3 Å². The lowest BCUT2D eigenvalue weighted by molar-refractivity contribution is 0.214. The maximum atomic E-state index is 6.04. The van der Waals surface area contributed by atoms with Crippen LogP contribution in [0, 0.1) is 0 Å². The van der Waals surface area contributed by atoms with Crippen molar-refractivity contribution in [1.29, 1.82) is 0 Å². The van der Waals surface area contributed by atoms with Gasteiger partial charge in [0.2, 0.25) is 0 Å². The molecule has 17 heavy (non-hydrogen) atoms. The normalized spacial score (nSPS) is 23.0. The van der Waals surface area contributed by atoms with E-state index in [4.69, 9.17) is 4.74 Å². The van der Waals surface area contributed by atoms with Crippen LogP contribution in [-0.4, -0.2) is 18.2 Å². The van der Waals surface area contributed by atoms with Crippen LogP contribution in [0.4, 0.5) is 0 Å². The molecule has 1 heterocycles. The Hall–Kier alpha value is -1.02. The second kappa shape index (κ2) is 4.69. The molecule has 2 heteroatoms. The number of hydrogen-bond donors (Lipinski definition) is 1. The van der Waals surface area contributed by atoms with Crippen molar-refractivity contribution in [3.63, 3.8) is 0 Å². The number of rotatable bonds is 3. The Kier molecular flexibility index (Phi) is 3.43. The van der Waals surface area contributed by atoms with Gasteiger partial charge in [-0.3, -0.25) is 0 Å². The lowest BCUT2D eigenvalue weighted by Crippen LogP contribution is -2.31. The average molecular weight is 233 g/mol. The Bertz CT molecular complexity index is 384. The van der Waals surface area contributed by atoms with E-state index < -0.39 is 0 Å². The van der Waals surface area contributed by atoms with Crippen molar-refractivity contribution < 1.29 is 4.74 Å². The van der Waals surface area contributed by atoms with Crippen LogP contribution in [0.5, 0.6) is 5.75 Å². The molecule has 0 aliphatic carbocycles. The zero-order valence-electron chi connectivity index (χ0n) is 11.3. The summed E-state index contributed by atoms with van der Waals surface area (Å²) in [6, 6.07) is 8.46. The van der Waals surface area contributed by atoms with Crippen molar-refractivity contribution in [2.75, 3.05) is 6.54 Å². The van der Waals surface area contributed by atoms with Gasteiger partial charge in [0.1, 0.15) is 11.9 Å². The van der Waals surface area contributed by atoms with Crippen molar-refractivity contribution in [1.82, 2.24) is 5.32 Å². The highest BCUT2D eigenvalue weighted by Gasteiger charge is 2.31. The van der Waals surface area contributed by atoms with Crippen LogP contribution >= 0.6 is 0 Å². The Morgan fingerprint density at radius 3 is 2.71 bits per heavy atom. The second-order valence-corrected chi connectivity index (χ2v) is 5.94. The van der Waals surface area contributed by atoms with E-state index in [1.807, 2.05) is 0 Å². The zero-order valence-corrected chi connectivity index (χ0v) is 11.3. The highest BCUT2D eigenvalue weighted by molar-refractivity contribution is 5.30. The predicted molar refractivity (Wildman–Crippen MR) is 71.6 cm³/mol.